The maximum atomic E-state index is 12.0. The molecule has 0 bridgehead atoms. The molecule has 2 aromatic rings. The Morgan fingerprint density at radius 2 is 2.21 bits per heavy atom. The molecule has 0 amide bonds. The second-order valence-corrected chi connectivity index (χ2v) is 7.01. The van der Waals surface area contributed by atoms with Crippen LogP contribution >= 0.6 is 22.9 Å². The molecule has 102 valence electrons. The zero-order chi connectivity index (χ0) is 14.0. The number of aromatic nitrogens is 1. The fourth-order valence-corrected chi connectivity index (χ4v) is 3.46. The molecule has 0 spiro atoms. The van der Waals surface area contributed by atoms with Crippen molar-refractivity contribution in [2.24, 2.45) is 0 Å². The van der Waals surface area contributed by atoms with Crippen molar-refractivity contribution in [3.63, 3.8) is 0 Å². The Bertz CT molecular complexity index is 698. The van der Waals surface area contributed by atoms with Gasteiger partial charge in [-0.15, -0.1) is 11.3 Å². The van der Waals surface area contributed by atoms with Crippen molar-refractivity contribution >= 4 is 38.6 Å². The summed E-state index contributed by atoms with van der Waals surface area (Å²) in [5.41, 5.74) is 6.76. The average Bonchev–Trinajstić information content (AvgIpc) is 2.76. The summed E-state index contributed by atoms with van der Waals surface area (Å²) in [6.07, 6.45) is 0. The van der Waals surface area contributed by atoms with Crippen LogP contribution < -0.4 is 10.5 Å². The molecule has 0 saturated carbocycles. The van der Waals surface area contributed by atoms with Crippen LogP contribution in [-0.2, 0) is 16.6 Å². The van der Waals surface area contributed by atoms with Gasteiger partial charge in [-0.3, -0.25) is 0 Å². The van der Waals surface area contributed by atoms with Gasteiger partial charge in [0.1, 0.15) is 5.01 Å². The standard InChI is InChI=1S/C11H12ClN3O2S2/c1-7-6-18-11(15-7)5-14-19(16,17)8-2-3-10(13)9(12)4-8/h2-4,6,14H,5,13H2,1H3. The Kier molecular flexibility index (Phi) is 4.10. The van der Waals surface area contributed by atoms with Crippen LogP contribution in [0.3, 0.4) is 0 Å². The Morgan fingerprint density at radius 1 is 1.47 bits per heavy atom. The summed E-state index contributed by atoms with van der Waals surface area (Å²) in [6.45, 7) is 2.01. The first-order valence-corrected chi connectivity index (χ1v) is 8.08. The van der Waals surface area contributed by atoms with Gasteiger partial charge in [0.2, 0.25) is 10.0 Å². The number of thiazole rings is 1. The van der Waals surface area contributed by atoms with Crippen LogP contribution in [0.4, 0.5) is 5.69 Å². The number of anilines is 1. The molecule has 19 heavy (non-hydrogen) atoms. The van der Waals surface area contributed by atoms with Gasteiger partial charge in [0.05, 0.1) is 22.2 Å². The molecule has 5 nitrogen and oxygen atoms in total. The summed E-state index contributed by atoms with van der Waals surface area (Å²) in [5.74, 6) is 0. The Hall–Kier alpha value is -1.15. The van der Waals surface area contributed by atoms with Gasteiger partial charge in [0.15, 0.2) is 0 Å². The van der Waals surface area contributed by atoms with Gasteiger partial charge >= 0.3 is 0 Å². The highest BCUT2D eigenvalue weighted by molar-refractivity contribution is 7.89. The largest absolute Gasteiger partial charge is 0.398 e. The number of aryl methyl sites for hydroxylation is 1. The van der Waals surface area contributed by atoms with Crippen LogP contribution in [0.15, 0.2) is 28.5 Å². The van der Waals surface area contributed by atoms with E-state index in [9.17, 15) is 8.42 Å². The molecule has 1 heterocycles. The van der Waals surface area contributed by atoms with Crippen molar-refractivity contribution < 1.29 is 8.42 Å². The first-order chi connectivity index (χ1) is 8.88. The van der Waals surface area contributed by atoms with Crippen LogP contribution in [0, 0.1) is 6.92 Å². The van der Waals surface area contributed by atoms with Crippen LogP contribution in [0.25, 0.3) is 0 Å². The van der Waals surface area contributed by atoms with E-state index in [2.05, 4.69) is 9.71 Å². The summed E-state index contributed by atoms with van der Waals surface area (Å²) >= 11 is 7.22. The second-order valence-electron chi connectivity index (χ2n) is 3.89. The van der Waals surface area contributed by atoms with E-state index in [1.165, 1.54) is 29.5 Å². The zero-order valence-electron chi connectivity index (χ0n) is 10.1. The van der Waals surface area contributed by atoms with E-state index in [1.807, 2.05) is 12.3 Å². The second kappa shape index (κ2) is 5.46. The number of benzene rings is 1. The number of rotatable bonds is 4. The normalized spacial score (nSPS) is 11.7. The molecule has 0 saturated heterocycles. The third kappa shape index (κ3) is 3.44. The Labute approximate surface area is 120 Å². The van der Waals surface area contributed by atoms with Crippen LogP contribution in [0.2, 0.25) is 5.02 Å². The van der Waals surface area contributed by atoms with Crippen LogP contribution in [-0.4, -0.2) is 13.4 Å². The van der Waals surface area contributed by atoms with Crippen LogP contribution in [0.1, 0.15) is 10.7 Å². The Morgan fingerprint density at radius 3 is 2.79 bits per heavy atom. The molecular weight excluding hydrogens is 306 g/mol. The molecule has 0 aliphatic heterocycles. The van der Waals surface area contributed by atoms with Gasteiger partial charge in [-0.2, -0.15) is 0 Å². The van der Waals surface area contributed by atoms with Gasteiger partial charge in [-0.05, 0) is 25.1 Å². The highest BCUT2D eigenvalue weighted by Crippen LogP contribution is 2.22. The quantitative estimate of drug-likeness (QED) is 0.846. The monoisotopic (exact) mass is 317 g/mol. The Balaban J connectivity index is 2.16. The topological polar surface area (TPSA) is 85.1 Å². The molecule has 2 rings (SSSR count). The maximum absolute atomic E-state index is 12.0. The summed E-state index contributed by atoms with van der Waals surface area (Å²) in [7, 11) is -3.61. The van der Waals surface area contributed by atoms with Gasteiger partial charge in [-0.25, -0.2) is 18.1 Å². The summed E-state index contributed by atoms with van der Waals surface area (Å²) in [6, 6.07) is 4.20. The van der Waals surface area contributed by atoms with E-state index in [0.717, 1.165) is 5.69 Å². The van der Waals surface area contributed by atoms with E-state index in [4.69, 9.17) is 17.3 Å². The van der Waals surface area contributed by atoms with E-state index >= 15 is 0 Å². The minimum Gasteiger partial charge on any atom is -0.398 e. The predicted octanol–water partition coefficient (Wildman–Crippen LogP) is 2.17. The third-order valence-corrected chi connectivity index (χ3v) is 5.06. The highest BCUT2D eigenvalue weighted by atomic mass is 35.5. The molecule has 8 heteroatoms. The number of halogens is 1. The molecular formula is C11H12ClN3O2S2. The van der Waals surface area contributed by atoms with E-state index < -0.39 is 10.0 Å². The molecule has 0 radical (unpaired) electrons. The SMILES string of the molecule is Cc1csc(CNS(=O)(=O)c2ccc(N)c(Cl)c2)n1. The number of nitrogen functional groups attached to an aromatic ring is 1. The van der Waals surface area contributed by atoms with Crippen molar-refractivity contribution in [1.29, 1.82) is 0 Å². The van der Waals surface area contributed by atoms with E-state index in [0.29, 0.717) is 10.7 Å². The summed E-state index contributed by atoms with van der Waals surface area (Å²) < 4.78 is 26.6. The number of hydrogen-bond donors (Lipinski definition) is 2. The number of nitrogens with one attached hydrogen (secondary N) is 1. The van der Waals surface area contributed by atoms with Gasteiger partial charge in [0.25, 0.3) is 0 Å². The third-order valence-electron chi connectivity index (χ3n) is 2.36. The summed E-state index contributed by atoms with van der Waals surface area (Å²) in [4.78, 5) is 4.27. The minimum atomic E-state index is -3.61. The first-order valence-electron chi connectivity index (χ1n) is 5.34. The lowest BCUT2D eigenvalue weighted by atomic mass is 10.3. The van der Waals surface area contributed by atoms with E-state index in [-0.39, 0.29) is 16.5 Å². The molecule has 0 aliphatic rings. The fourth-order valence-electron chi connectivity index (χ4n) is 1.40. The van der Waals surface area contributed by atoms with Crippen molar-refractivity contribution in [1.82, 2.24) is 9.71 Å². The van der Waals surface area contributed by atoms with Crippen molar-refractivity contribution in [3.05, 3.63) is 39.3 Å². The molecule has 1 aromatic heterocycles. The lowest BCUT2D eigenvalue weighted by molar-refractivity contribution is 0.581. The van der Waals surface area contributed by atoms with Crippen LogP contribution in [0.5, 0.6) is 0 Å². The van der Waals surface area contributed by atoms with Crippen molar-refractivity contribution in [2.45, 2.75) is 18.4 Å². The fraction of sp³-hybridized carbons (Fsp3) is 0.182. The first kappa shape index (κ1) is 14.3. The highest BCUT2D eigenvalue weighted by Gasteiger charge is 2.15. The number of nitrogens with two attached hydrogens (primary N) is 1. The predicted molar refractivity (Wildman–Crippen MR) is 76.7 cm³/mol. The number of nitrogens with zero attached hydrogens (tertiary/aromatic N) is 1. The summed E-state index contributed by atoms with van der Waals surface area (Å²) in [5, 5.41) is 2.79. The minimum absolute atomic E-state index is 0.0833. The maximum Gasteiger partial charge on any atom is 0.241 e. The van der Waals surface area contributed by atoms with Gasteiger partial charge < -0.3 is 5.73 Å². The number of sulfonamides is 1. The molecule has 0 unspecified atom stereocenters. The number of hydrogen-bond acceptors (Lipinski definition) is 5. The van der Waals surface area contributed by atoms with Gasteiger partial charge in [-0.1, -0.05) is 11.6 Å². The lowest BCUT2D eigenvalue weighted by Crippen LogP contribution is -2.23. The van der Waals surface area contributed by atoms with Gasteiger partial charge in [0, 0.05) is 11.1 Å². The lowest BCUT2D eigenvalue weighted by Gasteiger charge is -2.06. The molecule has 0 fully saturated rings. The smallest absolute Gasteiger partial charge is 0.241 e. The van der Waals surface area contributed by atoms with Crippen molar-refractivity contribution in [3.8, 4) is 0 Å². The van der Waals surface area contributed by atoms with E-state index in [1.54, 1.807) is 0 Å². The van der Waals surface area contributed by atoms with Crippen molar-refractivity contribution in [2.75, 3.05) is 5.73 Å². The molecule has 0 aliphatic carbocycles. The zero-order valence-corrected chi connectivity index (χ0v) is 12.4. The molecule has 0 atom stereocenters. The average molecular weight is 318 g/mol. The molecule has 3 N–H and O–H groups in total. The molecule has 1 aromatic carbocycles.